The topological polar surface area (TPSA) is 99.0 Å². The van der Waals surface area contributed by atoms with Crippen LogP contribution in [-0.4, -0.2) is 54.1 Å². The highest BCUT2D eigenvalue weighted by atomic mass is 16.6. The van der Waals surface area contributed by atoms with Gasteiger partial charge in [-0.25, -0.2) is 4.79 Å². The summed E-state index contributed by atoms with van der Waals surface area (Å²) in [5, 5.41) is 11.0. The van der Waals surface area contributed by atoms with Crippen molar-refractivity contribution in [1.29, 1.82) is 0 Å². The number of esters is 1. The summed E-state index contributed by atoms with van der Waals surface area (Å²) < 4.78 is 10.1. The number of carbonyl (C=O) groups is 2. The van der Waals surface area contributed by atoms with Crippen LogP contribution in [0.2, 0.25) is 0 Å². The molecule has 0 spiro atoms. The number of morpholine rings is 1. The van der Waals surface area contributed by atoms with Crippen molar-refractivity contribution in [2.45, 2.75) is 26.1 Å². The molecule has 0 bridgehead atoms. The number of benzene rings is 1. The standard InChI is InChI=1S/C15H18N2O6/c1-9-7-16(8-10(2)23-9)14(18)11-4-12(15(19)22-3)6-13(5-11)17(20)21/h4-6,9-10H,7-8H2,1-3H3. The normalized spacial score (nSPS) is 20.9. The number of methoxy groups -OCH3 is 1. The maximum atomic E-state index is 12.6. The van der Waals surface area contributed by atoms with Gasteiger partial charge in [-0.3, -0.25) is 14.9 Å². The smallest absolute Gasteiger partial charge is 0.338 e. The SMILES string of the molecule is COC(=O)c1cc(C(=O)N2CC(C)OC(C)C2)cc([N+](=O)[O-])c1. The van der Waals surface area contributed by atoms with Gasteiger partial charge in [0.15, 0.2) is 0 Å². The first-order chi connectivity index (χ1) is 10.8. The van der Waals surface area contributed by atoms with Gasteiger partial charge in [-0.2, -0.15) is 0 Å². The third kappa shape index (κ3) is 3.84. The number of amides is 1. The second-order valence-electron chi connectivity index (χ2n) is 5.48. The maximum Gasteiger partial charge on any atom is 0.338 e. The van der Waals surface area contributed by atoms with E-state index >= 15 is 0 Å². The zero-order valence-corrected chi connectivity index (χ0v) is 13.1. The number of ether oxygens (including phenoxy) is 2. The summed E-state index contributed by atoms with van der Waals surface area (Å²) in [6.07, 6.45) is -0.247. The van der Waals surface area contributed by atoms with E-state index in [1.165, 1.54) is 19.2 Å². The van der Waals surface area contributed by atoms with Gasteiger partial charge < -0.3 is 14.4 Å². The third-order valence-electron chi connectivity index (χ3n) is 3.50. The lowest BCUT2D eigenvalue weighted by Crippen LogP contribution is -2.48. The monoisotopic (exact) mass is 322 g/mol. The van der Waals surface area contributed by atoms with Gasteiger partial charge in [0.1, 0.15) is 0 Å². The van der Waals surface area contributed by atoms with E-state index in [1.54, 1.807) is 4.90 Å². The lowest BCUT2D eigenvalue weighted by Gasteiger charge is -2.35. The van der Waals surface area contributed by atoms with Gasteiger partial charge in [-0.05, 0) is 19.9 Å². The van der Waals surface area contributed by atoms with Crippen LogP contribution in [0.15, 0.2) is 18.2 Å². The molecular formula is C15H18N2O6. The molecule has 124 valence electrons. The van der Waals surface area contributed by atoms with Crippen molar-refractivity contribution < 1.29 is 24.0 Å². The van der Waals surface area contributed by atoms with Gasteiger partial charge in [0.25, 0.3) is 11.6 Å². The number of nitro benzene ring substituents is 1. The lowest BCUT2D eigenvalue weighted by molar-refractivity contribution is -0.384. The summed E-state index contributed by atoms with van der Waals surface area (Å²) in [4.78, 5) is 36.2. The summed E-state index contributed by atoms with van der Waals surface area (Å²) in [6.45, 7) is 4.48. The van der Waals surface area contributed by atoms with Crippen LogP contribution in [0, 0.1) is 10.1 Å². The van der Waals surface area contributed by atoms with Crippen LogP contribution in [0.1, 0.15) is 34.6 Å². The Bertz CT molecular complexity index is 635. The fourth-order valence-corrected chi connectivity index (χ4v) is 2.60. The molecule has 1 saturated heterocycles. The minimum atomic E-state index is -0.730. The minimum Gasteiger partial charge on any atom is -0.465 e. The van der Waals surface area contributed by atoms with Crippen LogP contribution in [0.25, 0.3) is 0 Å². The highest BCUT2D eigenvalue weighted by Gasteiger charge is 2.28. The molecule has 0 aliphatic carbocycles. The van der Waals surface area contributed by atoms with Crippen molar-refractivity contribution in [1.82, 2.24) is 4.90 Å². The predicted octanol–water partition coefficient (Wildman–Crippen LogP) is 1.63. The second-order valence-corrected chi connectivity index (χ2v) is 5.48. The van der Waals surface area contributed by atoms with Crippen molar-refractivity contribution in [3.63, 3.8) is 0 Å². The van der Waals surface area contributed by atoms with E-state index in [2.05, 4.69) is 4.74 Å². The quantitative estimate of drug-likeness (QED) is 0.476. The first-order valence-corrected chi connectivity index (χ1v) is 7.14. The summed E-state index contributed by atoms with van der Waals surface area (Å²) in [5.41, 5.74) is -0.272. The molecule has 1 aliphatic heterocycles. The van der Waals surface area contributed by atoms with Crippen LogP contribution < -0.4 is 0 Å². The van der Waals surface area contributed by atoms with Crippen molar-refractivity contribution in [3.8, 4) is 0 Å². The van der Waals surface area contributed by atoms with Crippen molar-refractivity contribution in [3.05, 3.63) is 39.4 Å². The first-order valence-electron chi connectivity index (χ1n) is 7.14. The molecule has 1 aromatic rings. The molecule has 1 aromatic carbocycles. The molecule has 23 heavy (non-hydrogen) atoms. The zero-order valence-electron chi connectivity index (χ0n) is 13.1. The zero-order chi connectivity index (χ0) is 17.1. The predicted molar refractivity (Wildman–Crippen MR) is 80.3 cm³/mol. The van der Waals surface area contributed by atoms with Crippen molar-refractivity contribution in [2.75, 3.05) is 20.2 Å². The summed E-state index contributed by atoms with van der Waals surface area (Å²) in [5.74, 6) is -1.10. The molecule has 1 aliphatic rings. The molecule has 2 rings (SSSR count). The van der Waals surface area contributed by atoms with Crippen molar-refractivity contribution >= 4 is 17.6 Å². The van der Waals surface area contributed by atoms with Gasteiger partial charge in [0.05, 0.1) is 29.8 Å². The molecule has 0 saturated carbocycles. The average molecular weight is 322 g/mol. The molecule has 1 amide bonds. The van der Waals surface area contributed by atoms with Crippen LogP contribution in [0.5, 0.6) is 0 Å². The molecule has 2 atom stereocenters. The first kappa shape index (κ1) is 16.9. The lowest BCUT2D eigenvalue weighted by atomic mass is 10.1. The Morgan fingerprint density at radius 3 is 2.30 bits per heavy atom. The van der Waals surface area contributed by atoms with Crippen LogP contribution in [0.4, 0.5) is 5.69 Å². The maximum absolute atomic E-state index is 12.6. The van der Waals surface area contributed by atoms with E-state index in [0.717, 1.165) is 6.07 Å². The number of hydrogen-bond acceptors (Lipinski definition) is 6. The number of rotatable bonds is 3. The molecule has 8 heteroatoms. The number of nitro groups is 1. The Kier molecular flexibility index (Phi) is 4.95. The Morgan fingerprint density at radius 1 is 1.22 bits per heavy atom. The minimum absolute atomic E-state index is 0.0283. The highest BCUT2D eigenvalue weighted by molar-refractivity contribution is 5.99. The number of nitrogens with zero attached hydrogens (tertiary/aromatic N) is 2. The second kappa shape index (κ2) is 6.74. The van der Waals surface area contributed by atoms with Crippen molar-refractivity contribution in [2.24, 2.45) is 0 Å². The Hall–Kier alpha value is -2.48. The molecule has 0 aromatic heterocycles. The molecular weight excluding hydrogens is 304 g/mol. The molecule has 0 radical (unpaired) electrons. The Balaban J connectivity index is 2.37. The fraction of sp³-hybridized carbons (Fsp3) is 0.467. The summed E-state index contributed by atoms with van der Waals surface area (Å²) >= 11 is 0. The fourth-order valence-electron chi connectivity index (χ4n) is 2.60. The van der Waals surface area contributed by atoms with Crippen LogP contribution >= 0.6 is 0 Å². The Morgan fingerprint density at radius 2 is 1.78 bits per heavy atom. The van der Waals surface area contributed by atoms with E-state index < -0.39 is 10.9 Å². The highest BCUT2D eigenvalue weighted by Crippen LogP contribution is 2.21. The Labute approximate surface area is 133 Å². The summed E-state index contributed by atoms with van der Waals surface area (Å²) in [6, 6.07) is 3.57. The van der Waals surface area contributed by atoms with E-state index in [-0.39, 0.29) is 34.9 Å². The van der Waals surface area contributed by atoms with E-state index in [9.17, 15) is 19.7 Å². The van der Waals surface area contributed by atoms with Gasteiger partial charge >= 0.3 is 5.97 Å². The van der Waals surface area contributed by atoms with Gasteiger partial charge in [0.2, 0.25) is 0 Å². The molecule has 8 nitrogen and oxygen atoms in total. The summed E-state index contributed by atoms with van der Waals surface area (Å²) in [7, 11) is 1.17. The third-order valence-corrected chi connectivity index (χ3v) is 3.50. The van der Waals surface area contributed by atoms with Gasteiger partial charge in [-0.15, -0.1) is 0 Å². The molecule has 2 unspecified atom stereocenters. The van der Waals surface area contributed by atoms with Gasteiger partial charge in [0, 0.05) is 30.8 Å². The van der Waals surface area contributed by atoms with E-state index in [0.29, 0.717) is 13.1 Å². The molecule has 1 heterocycles. The van der Waals surface area contributed by atoms with Crippen LogP contribution in [-0.2, 0) is 9.47 Å². The van der Waals surface area contributed by atoms with Gasteiger partial charge in [-0.1, -0.05) is 0 Å². The number of hydrogen-bond donors (Lipinski definition) is 0. The largest absolute Gasteiger partial charge is 0.465 e. The number of non-ortho nitro benzene ring substituents is 1. The molecule has 0 N–H and O–H groups in total. The number of carbonyl (C=O) groups excluding carboxylic acids is 2. The van der Waals surface area contributed by atoms with Crippen LogP contribution in [0.3, 0.4) is 0 Å². The molecule has 1 fully saturated rings. The van der Waals surface area contributed by atoms with E-state index in [4.69, 9.17) is 4.74 Å². The van der Waals surface area contributed by atoms with E-state index in [1.807, 2.05) is 13.8 Å². The average Bonchev–Trinajstić information content (AvgIpc) is 2.51.